The second-order valence-corrected chi connectivity index (χ2v) is 6.76. The SMILES string of the molecule is CC(C)N(Cc1cccnc1)C(=O)[C@H]1CCCN(c2ncccn2)C1. The first-order valence-corrected chi connectivity index (χ1v) is 8.86. The van der Waals surface area contributed by atoms with Gasteiger partial charge in [0.25, 0.3) is 0 Å². The largest absolute Gasteiger partial charge is 0.340 e. The fraction of sp³-hybridized carbons (Fsp3) is 0.474. The number of nitrogens with zero attached hydrogens (tertiary/aromatic N) is 5. The van der Waals surface area contributed by atoms with Gasteiger partial charge in [-0.1, -0.05) is 6.07 Å². The Kier molecular flexibility index (Phi) is 5.58. The molecule has 25 heavy (non-hydrogen) atoms. The molecule has 0 unspecified atom stereocenters. The molecule has 6 heteroatoms. The molecule has 1 amide bonds. The Morgan fingerprint density at radius 2 is 2.08 bits per heavy atom. The highest BCUT2D eigenvalue weighted by Crippen LogP contribution is 2.23. The molecule has 1 aliphatic heterocycles. The summed E-state index contributed by atoms with van der Waals surface area (Å²) < 4.78 is 0. The standard InChI is InChI=1S/C19H25N5O/c1-15(2)24(13-16-6-3-8-20-12-16)18(25)17-7-4-11-23(14-17)19-21-9-5-10-22-19/h3,5-6,8-10,12,15,17H,4,7,11,13-14H2,1-2H3/t17-/m0/s1. The fourth-order valence-electron chi connectivity index (χ4n) is 3.25. The summed E-state index contributed by atoms with van der Waals surface area (Å²) in [7, 11) is 0. The number of hydrogen-bond acceptors (Lipinski definition) is 5. The van der Waals surface area contributed by atoms with Crippen molar-refractivity contribution in [3.8, 4) is 0 Å². The molecule has 0 aliphatic carbocycles. The molecule has 0 saturated carbocycles. The van der Waals surface area contributed by atoms with Gasteiger partial charge in [0.1, 0.15) is 0 Å². The molecule has 2 aromatic heterocycles. The van der Waals surface area contributed by atoms with Gasteiger partial charge in [0.2, 0.25) is 11.9 Å². The van der Waals surface area contributed by atoms with Gasteiger partial charge in [-0.2, -0.15) is 0 Å². The van der Waals surface area contributed by atoms with Crippen molar-refractivity contribution >= 4 is 11.9 Å². The van der Waals surface area contributed by atoms with Gasteiger partial charge in [0.05, 0.1) is 5.92 Å². The lowest BCUT2D eigenvalue weighted by atomic mass is 9.96. The number of carbonyl (C=O) groups excluding carboxylic acids is 1. The monoisotopic (exact) mass is 339 g/mol. The van der Waals surface area contributed by atoms with Crippen LogP contribution in [-0.4, -0.2) is 44.9 Å². The highest BCUT2D eigenvalue weighted by Gasteiger charge is 2.31. The van der Waals surface area contributed by atoms with E-state index in [-0.39, 0.29) is 17.9 Å². The average Bonchev–Trinajstić information content (AvgIpc) is 2.67. The predicted octanol–water partition coefficient (Wildman–Crippen LogP) is 2.53. The average molecular weight is 339 g/mol. The maximum absolute atomic E-state index is 13.2. The van der Waals surface area contributed by atoms with Crippen molar-refractivity contribution in [1.29, 1.82) is 0 Å². The molecule has 1 aliphatic rings. The molecule has 0 N–H and O–H groups in total. The molecular formula is C19H25N5O. The third-order valence-electron chi connectivity index (χ3n) is 4.59. The third kappa shape index (κ3) is 4.32. The van der Waals surface area contributed by atoms with Gasteiger partial charge in [0.15, 0.2) is 0 Å². The number of aromatic nitrogens is 3. The van der Waals surface area contributed by atoms with Crippen molar-refractivity contribution in [1.82, 2.24) is 19.9 Å². The lowest BCUT2D eigenvalue weighted by Gasteiger charge is -2.36. The van der Waals surface area contributed by atoms with Gasteiger partial charge in [-0.25, -0.2) is 9.97 Å². The van der Waals surface area contributed by atoms with Crippen LogP contribution in [0.2, 0.25) is 0 Å². The van der Waals surface area contributed by atoms with Gasteiger partial charge >= 0.3 is 0 Å². The summed E-state index contributed by atoms with van der Waals surface area (Å²) in [4.78, 5) is 30.0. The quantitative estimate of drug-likeness (QED) is 0.838. The molecular weight excluding hydrogens is 314 g/mol. The van der Waals surface area contributed by atoms with Gasteiger partial charge in [-0.3, -0.25) is 9.78 Å². The number of anilines is 1. The van der Waals surface area contributed by atoms with Crippen LogP contribution in [0.3, 0.4) is 0 Å². The number of hydrogen-bond donors (Lipinski definition) is 0. The van der Waals surface area contributed by atoms with Crippen molar-refractivity contribution in [3.63, 3.8) is 0 Å². The van der Waals surface area contributed by atoms with E-state index in [2.05, 4.69) is 33.7 Å². The number of amides is 1. The van der Waals surface area contributed by atoms with Crippen LogP contribution in [-0.2, 0) is 11.3 Å². The second-order valence-electron chi connectivity index (χ2n) is 6.76. The molecule has 2 aromatic rings. The first-order chi connectivity index (χ1) is 12.1. The van der Waals surface area contributed by atoms with Crippen LogP contribution in [0, 0.1) is 5.92 Å². The van der Waals surface area contributed by atoms with Crippen LogP contribution in [0.15, 0.2) is 43.0 Å². The number of carbonyl (C=O) groups is 1. The minimum absolute atomic E-state index is 0.0170. The topological polar surface area (TPSA) is 62.2 Å². The van der Waals surface area contributed by atoms with Gasteiger partial charge in [0, 0.05) is 50.5 Å². The summed E-state index contributed by atoms with van der Waals surface area (Å²) in [5.41, 5.74) is 1.06. The van der Waals surface area contributed by atoms with Crippen LogP contribution < -0.4 is 4.90 Å². The Morgan fingerprint density at radius 3 is 2.76 bits per heavy atom. The zero-order valence-corrected chi connectivity index (χ0v) is 14.9. The van der Waals surface area contributed by atoms with Crippen LogP contribution in [0.5, 0.6) is 0 Å². The Morgan fingerprint density at radius 1 is 1.28 bits per heavy atom. The van der Waals surface area contributed by atoms with E-state index in [1.807, 2.05) is 29.3 Å². The molecule has 3 heterocycles. The lowest BCUT2D eigenvalue weighted by Crippen LogP contribution is -2.47. The molecule has 1 fully saturated rings. The zero-order valence-electron chi connectivity index (χ0n) is 14.9. The van der Waals surface area contributed by atoms with Crippen molar-refractivity contribution in [2.75, 3.05) is 18.0 Å². The van der Waals surface area contributed by atoms with Crippen LogP contribution in [0.1, 0.15) is 32.3 Å². The number of pyridine rings is 1. The lowest BCUT2D eigenvalue weighted by molar-refractivity contribution is -0.138. The van der Waals surface area contributed by atoms with Crippen molar-refractivity contribution in [2.24, 2.45) is 5.92 Å². The Bertz CT molecular complexity index is 677. The molecule has 3 rings (SSSR count). The van der Waals surface area contributed by atoms with Crippen LogP contribution in [0.25, 0.3) is 0 Å². The van der Waals surface area contributed by atoms with Crippen LogP contribution in [0.4, 0.5) is 5.95 Å². The molecule has 6 nitrogen and oxygen atoms in total. The van der Waals surface area contributed by atoms with Gasteiger partial charge in [-0.15, -0.1) is 0 Å². The van der Waals surface area contributed by atoms with E-state index < -0.39 is 0 Å². The maximum atomic E-state index is 13.2. The van der Waals surface area contributed by atoms with Crippen molar-refractivity contribution in [3.05, 3.63) is 48.5 Å². The Balaban J connectivity index is 1.71. The first-order valence-electron chi connectivity index (χ1n) is 8.86. The van der Waals surface area contributed by atoms with E-state index in [0.717, 1.165) is 24.9 Å². The summed E-state index contributed by atoms with van der Waals surface area (Å²) in [6.07, 6.45) is 8.97. The van der Waals surface area contributed by atoms with Crippen molar-refractivity contribution in [2.45, 2.75) is 39.3 Å². The minimum atomic E-state index is -0.0170. The van der Waals surface area contributed by atoms with E-state index in [9.17, 15) is 4.79 Å². The highest BCUT2D eigenvalue weighted by atomic mass is 16.2. The summed E-state index contributed by atoms with van der Waals surface area (Å²) in [5.74, 6) is 0.902. The van der Waals surface area contributed by atoms with E-state index in [4.69, 9.17) is 0 Å². The first kappa shape index (κ1) is 17.3. The summed E-state index contributed by atoms with van der Waals surface area (Å²) >= 11 is 0. The molecule has 0 bridgehead atoms. The zero-order chi connectivity index (χ0) is 17.6. The molecule has 132 valence electrons. The molecule has 0 radical (unpaired) electrons. The summed E-state index contributed by atoms with van der Waals surface area (Å²) in [5, 5.41) is 0. The summed E-state index contributed by atoms with van der Waals surface area (Å²) in [6.45, 7) is 6.31. The molecule has 0 aromatic carbocycles. The fourth-order valence-corrected chi connectivity index (χ4v) is 3.25. The van der Waals surface area contributed by atoms with E-state index in [0.29, 0.717) is 19.0 Å². The Hall–Kier alpha value is -2.50. The number of rotatable bonds is 5. The minimum Gasteiger partial charge on any atom is -0.340 e. The van der Waals surface area contributed by atoms with E-state index in [1.165, 1.54) is 0 Å². The van der Waals surface area contributed by atoms with Crippen molar-refractivity contribution < 1.29 is 4.79 Å². The molecule has 1 atom stereocenters. The maximum Gasteiger partial charge on any atom is 0.228 e. The highest BCUT2D eigenvalue weighted by molar-refractivity contribution is 5.80. The molecule has 1 saturated heterocycles. The predicted molar refractivity (Wildman–Crippen MR) is 96.9 cm³/mol. The third-order valence-corrected chi connectivity index (χ3v) is 4.59. The normalized spacial score (nSPS) is 17.6. The number of piperidine rings is 1. The second kappa shape index (κ2) is 8.05. The van der Waals surface area contributed by atoms with E-state index >= 15 is 0 Å². The smallest absolute Gasteiger partial charge is 0.228 e. The molecule has 0 spiro atoms. The van der Waals surface area contributed by atoms with Gasteiger partial charge < -0.3 is 9.80 Å². The Labute approximate surface area is 148 Å². The van der Waals surface area contributed by atoms with E-state index in [1.54, 1.807) is 18.6 Å². The van der Waals surface area contributed by atoms with Gasteiger partial charge in [-0.05, 0) is 44.4 Å². The van der Waals surface area contributed by atoms with Crippen LogP contribution >= 0.6 is 0 Å². The summed E-state index contributed by atoms with van der Waals surface area (Å²) in [6, 6.07) is 5.88.